The van der Waals surface area contributed by atoms with E-state index < -0.39 is 11.4 Å². The molecular weight excluding hydrogens is 626 g/mol. The summed E-state index contributed by atoms with van der Waals surface area (Å²) >= 11 is 9.60. The van der Waals surface area contributed by atoms with Crippen LogP contribution in [0.4, 0.5) is 15.0 Å². The molecule has 2 fully saturated rings. The van der Waals surface area contributed by atoms with Gasteiger partial charge in [0.05, 0.1) is 0 Å². The molecule has 0 aliphatic carbocycles. The Balaban J connectivity index is 1.83. The van der Waals surface area contributed by atoms with E-state index in [1.807, 2.05) is 31.7 Å². The number of amides is 1. The Kier molecular flexibility index (Phi) is 7.13. The van der Waals surface area contributed by atoms with Crippen molar-refractivity contribution in [1.82, 2.24) is 14.9 Å². The number of hydrogen-bond acceptors (Lipinski definition) is 5. The van der Waals surface area contributed by atoms with Crippen LogP contribution in [0.15, 0.2) is 23.2 Å². The van der Waals surface area contributed by atoms with Gasteiger partial charge in [-0.1, -0.05) is 0 Å². The number of nitrogens with zero attached hydrogens (tertiary/aromatic N) is 4. The zero-order chi connectivity index (χ0) is 24.1. The van der Waals surface area contributed by atoms with Gasteiger partial charge >= 0.3 is 218 Å². The van der Waals surface area contributed by atoms with Crippen molar-refractivity contribution < 1.29 is 35.1 Å². The topological polar surface area (TPSA) is 58.6 Å². The molecule has 2 saturated heterocycles. The Morgan fingerprint density at radius 1 is 1.42 bits per heavy atom. The van der Waals surface area contributed by atoms with Crippen molar-refractivity contribution in [2.45, 2.75) is 63.8 Å². The maximum absolute atomic E-state index is 15.0. The summed E-state index contributed by atoms with van der Waals surface area (Å²) in [5.74, 6) is 0.202. The van der Waals surface area contributed by atoms with E-state index >= 15 is 4.39 Å². The summed E-state index contributed by atoms with van der Waals surface area (Å²) in [5, 5.41) is 0.636. The Labute approximate surface area is 217 Å². The van der Waals surface area contributed by atoms with E-state index in [2.05, 4.69) is 42.3 Å². The van der Waals surface area contributed by atoms with E-state index in [-0.39, 0.29) is 56.2 Å². The molecule has 2 aliphatic heterocycles. The van der Waals surface area contributed by atoms with Gasteiger partial charge in [-0.3, -0.25) is 0 Å². The van der Waals surface area contributed by atoms with Crippen LogP contribution in [0.1, 0.15) is 40.0 Å². The van der Waals surface area contributed by atoms with Gasteiger partial charge in [-0.25, -0.2) is 0 Å². The van der Waals surface area contributed by atoms with Crippen LogP contribution in [0.25, 0.3) is 10.9 Å². The van der Waals surface area contributed by atoms with Crippen molar-refractivity contribution in [3.8, 4) is 0 Å². The summed E-state index contributed by atoms with van der Waals surface area (Å²) in [6, 6.07) is 1.36. The number of ether oxygens (including phenoxy) is 1. The molecule has 2 bridgehead atoms. The van der Waals surface area contributed by atoms with Crippen molar-refractivity contribution in [1.29, 1.82) is 0 Å². The quantitative estimate of drug-likeness (QED) is 0.167. The van der Waals surface area contributed by atoms with Crippen LogP contribution in [-0.2, 0) is 4.74 Å². The molecule has 2 aliphatic rings. The van der Waals surface area contributed by atoms with E-state index in [1.165, 1.54) is 6.07 Å². The number of carbonyl (C=O) groups is 1. The Bertz CT molecular complexity index is 1110. The number of fused-ring (bicyclic) bond motifs is 3. The first-order valence-corrected chi connectivity index (χ1v) is 15.2. The molecular formula is C23H27BrClFIN4O2-. The van der Waals surface area contributed by atoms with Crippen molar-refractivity contribution >= 4 is 50.3 Å². The molecule has 6 nitrogen and oxygen atoms in total. The molecule has 0 radical (unpaired) electrons. The van der Waals surface area contributed by atoms with E-state index in [0.717, 1.165) is 20.9 Å². The molecule has 2 aromatic rings. The molecule has 180 valence electrons. The molecule has 0 unspecified atom stereocenters. The standard InChI is InChI=1S/C23H27BrClFIN4O2/c1-6-7-15-16-9-8-12(31(16)22(32)33-23(2,3)4)11-30(15)20-17-18(24)14(27-5)10-13(26)19(17)28-21(25)29-20/h6,10,12,15-16H,1,7-9,11H2,2-5H3/q-1/t12-,15-,16+/m1/s1. The van der Waals surface area contributed by atoms with Gasteiger partial charge in [0.15, 0.2) is 0 Å². The van der Waals surface area contributed by atoms with Gasteiger partial charge in [0.2, 0.25) is 0 Å². The van der Waals surface area contributed by atoms with E-state index in [0.29, 0.717) is 24.2 Å². The average Bonchev–Trinajstić information content (AvgIpc) is 3.06. The van der Waals surface area contributed by atoms with Crippen molar-refractivity contribution in [2.24, 2.45) is 0 Å². The summed E-state index contributed by atoms with van der Waals surface area (Å²) in [7, 11) is 0. The van der Waals surface area contributed by atoms with Gasteiger partial charge in [0.1, 0.15) is 0 Å². The fourth-order valence-corrected chi connectivity index (χ4v) is 7.82. The van der Waals surface area contributed by atoms with E-state index in [4.69, 9.17) is 16.3 Å². The average molecular weight is 653 g/mol. The number of piperazine rings is 1. The van der Waals surface area contributed by atoms with Gasteiger partial charge in [-0.15, -0.1) is 0 Å². The Morgan fingerprint density at radius 2 is 2.15 bits per heavy atom. The third kappa shape index (κ3) is 4.69. The second-order valence-electron chi connectivity index (χ2n) is 9.31. The van der Waals surface area contributed by atoms with Gasteiger partial charge in [-0.05, 0) is 0 Å². The van der Waals surface area contributed by atoms with Crippen LogP contribution in [0.3, 0.4) is 0 Å². The maximum atomic E-state index is 15.0. The molecule has 0 N–H and O–H groups in total. The van der Waals surface area contributed by atoms with Crippen molar-refractivity contribution in [3.05, 3.63) is 37.9 Å². The molecule has 0 spiro atoms. The van der Waals surface area contributed by atoms with E-state index in [1.54, 1.807) is 0 Å². The van der Waals surface area contributed by atoms with Gasteiger partial charge in [0, 0.05) is 0 Å². The fraction of sp³-hybridized carbons (Fsp3) is 0.522. The van der Waals surface area contributed by atoms with Crippen LogP contribution in [0.2, 0.25) is 5.28 Å². The summed E-state index contributed by atoms with van der Waals surface area (Å²) in [6.07, 6.45) is 3.93. The number of alkyl halides is 1. The second kappa shape index (κ2) is 9.45. The molecule has 1 aromatic heterocycles. The molecule has 3 heterocycles. The molecule has 10 heteroatoms. The van der Waals surface area contributed by atoms with Crippen LogP contribution in [0, 0.1) is 9.39 Å². The first-order valence-electron chi connectivity index (χ1n) is 10.8. The number of anilines is 1. The van der Waals surface area contributed by atoms with Crippen molar-refractivity contribution in [2.75, 3.05) is 16.4 Å². The van der Waals surface area contributed by atoms with Crippen LogP contribution in [0.5, 0.6) is 0 Å². The minimum absolute atomic E-state index is 0.00141. The van der Waals surface area contributed by atoms with Crippen molar-refractivity contribution in [3.63, 3.8) is 0 Å². The number of halogens is 4. The number of hydrogen-bond donors (Lipinski definition) is 0. The molecule has 33 heavy (non-hydrogen) atoms. The molecule has 0 saturated carbocycles. The van der Waals surface area contributed by atoms with E-state index in [9.17, 15) is 4.79 Å². The number of aromatic nitrogens is 2. The number of rotatable bonds is 4. The Morgan fingerprint density at radius 3 is 2.79 bits per heavy atom. The SMILES string of the molecule is C=CC[C@@H]1[C@@H]2CC[C@H](CN1c1nc(Cl)nc3c(F)cc([I-]C)c(Br)c13)N2C(=O)OC(C)(C)C. The van der Waals surface area contributed by atoms with Gasteiger partial charge in [0.25, 0.3) is 0 Å². The summed E-state index contributed by atoms with van der Waals surface area (Å²) < 4.78 is 22.5. The first kappa shape index (κ1) is 24.9. The molecule has 3 atom stereocenters. The number of benzene rings is 1. The predicted octanol–water partition coefficient (Wildman–Crippen LogP) is 2.61. The summed E-state index contributed by atoms with van der Waals surface area (Å²) in [5.41, 5.74) is -0.364. The second-order valence-corrected chi connectivity index (χ2v) is 12.7. The molecule has 4 rings (SSSR count). The monoisotopic (exact) mass is 651 g/mol. The van der Waals surface area contributed by atoms with Crippen LogP contribution >= 0.6 is 27.5 Å². The number of carbonyl (C=O) groups excluding carboxylic acids is 1. The normalized spacial score (nSPS) is 22.8. The van der Waals surface area contributed by atoms with Crippen LogP contribution < -0.4 is 26.1 Å². The molecule has 1 aromatic carbocycles. The van der Waals surface area contributed by atoms with Gasteiger partial charge in [-0.2, -0.15) is 0 Å². The Hall–Kier alpha value is -1.20. The van der Waals surface area contributed by atoms with Crippen LogP contribution in [-0.4, -0.2) is 56.2 Å². The van der Waals surface area contributed by atoms with Gasteiger partial charge < -0.3 is 0 Å². The zero-order valence-corrected chi connectivity index (χ0v) is 23.5. The molecule has 1 amide bonds. The minimum atomic E-state index is -0.569. The zero-order valence-electron chi connectivity index (χ0n) is 19.0. The third-order valence-electron chi connectivity index (χ3n) is 6.06. The predicted molar refractivity (Wildman–Crippen MR) is 128 cm³/mol. The fourth-order valence-electron chi connectivity index (χ4n) is 4.84. The third-order valence-corrected chi connectivity index (χ3v) is 9.80. The first-order chi connectivity index (χ1) is 15.6. The summed E-state index contributed by atoms with van der Waals surface area (Å²) in [4.78, 5) is 28.0. The summed E-state index contributed by atoms with van der Waals surface area (Å²) in [6.45, 7) is 10.1.